The number of anilines is 2. The van der Waals surface area contributed by atoms with E-state index in [9.17, 15) is 4.79 Å². The fraction of sp³-hybridized carbons (Fsp3) is 0.333. The lowest BCUT2D eigenvalue weighted by molar-refractivity contribution is 0.0755. The summed E-state index contributed by atoms with van der Waals surface area (Å²) < 4.78 is 0.968. The number of pyridine rings is 1. The highest BCUT2D eigenvalue weighted by Crippen LogP contribution is 2.25. The van der Waals surface area contributed by atoms with Gasteiger partial charge in [-0.15, -0.1) is 0 Å². The van der Waals surface area contributed by atoms with Crippen molar-refractivity contribution < 1.29 is 4.79 Å². The second-order valence-corrected chi connectivity index (χ2v) is 6.21. The molecule has 0 saturated heterocycles. The monoisotopic (exact) mass is 375 g/mol. The van der Waals surface area contributed by atoms with Crippen molar-refractivity contribution >= 4 is 33.2 Å². The Morgan fingerprint density at radius 2 is 1.87 bits per heavy atom. The highest BCUT2D eigenvalue weighted by molar-refractivity contribution is 9.10. The maximum atomic E-state index is 12.6. The van der Waals surface area contributed by atoms with Crippen molar-refractivity contribution in [2.24, 2.45) is 0 Å². The van der Waals surface area contributed by atoms with Gasteiger partial charge in [0.15, 0.2) is 0 Å². The van der Waals surface area contributed by atoms with E-state index < -0.39 is 0 Å². The third-order valence-corrected chi connectivity index (χ3v) is 4.10. The maximum Gasteiger partial charge on any atom is 0.255 e. The van der Waals surface area contributed by atoms with E-state index in [1.54, 1.807) is 12.4 Å². The number of hydrogen-bond acceptors (Lipinski definition) is 3. The second-order valence-electron chi connectivity index (χ2n) is 5.36. The summed E-state index contributed by atoms with van der Waals surface area (Å²) in [6, 6.07) is 9.71. The number of amides is 1. The summed E-state index contributed by atoms with van der Waals surface area (Å²) in [4.78, 5) is 18.7. The van der Waals surface area contributed by atoms with Crippen molar-refractivity contribution in [3.05, 3.63) is 52.8 Å². The number of nitrogens with zero attached hydrogens (tertiary/aromatic N) is 2. The first kappa shape index (κ1) is 17.5. The summed E-state index contributed by atoms with van der Waals surface area (Å²) in [6.45, 7) is 5.71. The molecular formula is C18H22BrN3O. The molecule has 1 aromatic heterocycles. The molecule has 1 aromatic carbocycles. The standard InChI is InChI=1S/C18H22BrN3O/c1-3-9-22(10-4-2)18(23)14-11-15(13-20-12-14)21-17-8-6-5-7-16(17)19/h5-8,11-13,21H,3-4,9-10H2,1-2H3. The summed E-state index contributed by atoms with van der Waals surface area (Å²) in [6.07, 6.45) is 5.26. The van der Waals surface area contributed by atoms with E-state index in [-0.39, 0.29) is 5.91 Å². The Morgan fingerprint density at radius 3 is 2.52 bits per heavy atom. The molecule has 0 spiro atoms. The fourth-order valence-corrected chi connectivity index (χ4v) is 2.76. The molecule has 2 rings (SSSR count). The predicted molar refractivity (Wildman–Crippen MR) is 98.1 cm³/mol. The largest absolute Gasteiger partial charge is 0.353 e. The van der Waals surface area contributed by atoms with Gasteiger partial charge in [0, 0.05) is 23.8 Å². The van der Waals surface area contributed by atoms with Gasteiger partial charge in [-0.25, -0.2) is 0 Å². The lowest BCUT2D eigenvalue weighted by Crippen LogP contribution is -2.32. The summed E-state index contributed by atoms with van der Waals surface area (Å²) in [7, 11) is 0. The van der Waals surface area contributed by atoms with Gasteiger partial charge in [-0.2, -0.15) is 0 Å². The van der Waals surface area contributed by atoms with E-state index in [4.69, 9.17) is 0 Å². The third-order valence-electron chi connectivity index (χ3n) is 3.41. The Balaban J connectivity index is 2.18. The van der Waals surface area contributed by atoms with Crippen LogP contribution in [0.2, 0.25) is 0 Å². The van der Waals surface area contributed by atoms with Crippen LogP contribution >= 0.6 is 15.9 Å². The molecule has 4 nitrogen and oxygen atoms in total. The Labute approximate surface area is 146 Å². The van der Waals surface area contributed by atoms with E-state index in [2.05, 4.69) is 40.1 Å². The van der Waals surface area contributed by atoms with E-state index >= 15 is 0 Å². The zero-order valence-corrected chi connectivity index (χ0v) is 15.1. The molecule has 23 heavy (non-hydrogen) atoms. The molecule has 0 atom stereocenters. The minimum Gasteiger partial charge on any atom is -0.353 e. The quantitative estimate of drug-likeness (QED) is 0.751. The van der Waals surface area contributed by atoms with Crippen LogP contribution in [0, 0.1) is 0 Å². The highest BCUT2D eigenvalue weighted by atomic mass is 79.9. The summed E-state index contributed by atoms with van der Waals surface area (Å²) in [5.74, 6) is 0.0389. The molecular weight excluding hydrogens is 354 g/mol. The molecule has 0 fully saturated rings. The van der Waals surface area contributed by atoms with Crippen molar-refractivity contribution in [2.75, 3.05) is 18.4 Å². The lowest BCUT2D eigenvalue weighted by atomic mass is 10.2. The third kappa shape index (κ3) is 4.79. The number of nitrogens with one attached hydrogen (secondary N) is 1. The number of carbonyl (C=O) groups excluding carboxylic acids is 1. The van der Waals surface area contributed by atoms with Crippen LogP contribution in [0.5, 0.6) is 0 Å². The van der Waals surface area contributed by atoms with Gasteiger partial charge in [-0.3, -0.25) is 9.78 Å². The molecule has 5 heteroatoms. The number of para-hydroxylation sites is 1. The van der Waals surface area contributed by atoms with Gasteiger partial charge in [-0.05, 0) is 47.0 Å². The number of hydrogen-bond donors (Lipinski definition) is 1. The smallest absolute Gasteiger partial charge is 0.255 e. The van der Waals surface area contributed by atoms with Crippen LogP contribution in [0.15, 0.2) is 47.2 Å². The van der Waals surface area contributed by atoms with E-state index in [0.29, 0.717) is 5.56 Å². The van der Waals surface area contributed by atoms with Gasteiger partial charge < -0.3 is 10.2 Å². The predicted octanol–water partition coefficient (Wildman–Crippen LogP) is 4.85. The van der Waals surface area contributed by atoms with Crippen LogP contribution in [-0.2, 0) is 0 Å². The molecule has 0 bridgehead atoms. The van der Waals surface area contributed by atoms with Crippen molar-refractivity contribution in [1.82, 2.24) is 9.88 Å². The molecule has 0 saturated carbocycles. The molecule has 0 unspecified atom stereocenters. The summed E-state index contributed by atoms with van der Waals surface area (Å²) >= 11 is 3.51. The van der Waals surface area contributed by atoms with E-state index in [0.717, 1.165) is 41.8 Å². The number of aromatic nitrogens is 1. The van der Waals surface area contributed by atoms with Crippen LogP contribution in [0.3, 0.4) is 0 Å². The Morgan fingerprint density at radius 1 is 1.17 bits per heavy atom. The molecule has 0 aliphatic rings. The van der Waals surface area contributed by atoms with Gasteiger partial charge in [0.2, 0.25) is 0 Å². The van der Waals surface area contributed by atoms with Crippen LogP contribution in [0.25, 0.3) is 0 Å². The first-order valence-electron chi connectivity index (χ1n) is 7.91. The lowest BCUT2D eigenvalue weighted by Gasteiger charge is -2.21. The Hall–Kier alpha value is -1.88. The van der Waals surface area contributed by atoms with Gasteiger partial charge in [0.1, 0.15) is 0 Å². The van der Waals surface area contributed by atoms with E-state index in [1.165, 1.54) is 0 Å². The molecule has 0 radical (unpaired) electrons. The topological polar surface area (TPSA) is 45.2 Å². The fourth-order valence-electron chi connectivity index (χ4n) is 2.38. The molecule has 1 heterocycles. The zero-order chi connectivity index (χ0) is 16.7. The number of halogens is 1. The average Bonchev–Trinajstić information content (AvgIpc) is 2.56. The summed E-state index contributed by atoms with van der Waals surface area (Å²) in [5, 5.41) is 3.29. The minimum atomic E-state index is 0.0389. The van der Waals surface area contributed by atoms with Gasteiger partial charge >= 0.3 is 0 Å². The summed E-state index contributed by atoms with van der Waals surface area (Å²) in [5.41, 5.74) is 2.36. The maximum absolute atomic E-state index is 12.6. The molecule has 1 N–H and O–H groups in total. The first-order chi connectivity index (χ1) is 11.2. The van der Waals surface area contributed by atoms with Crippen LogP contribution in [0.1, 0.15) is 37.0 Å². The Bertz CT molecular complexity index is 654. The molecule has 0 aliphatic heterocycles. The number of carbonyl (C=O) groups is 1. The first-order valence-corrected chi connectivity index (χ1v) is 8.70. The number of benzene rings is 1. The van der Waals surface area contributed by atoms with Crippen molar-refractivity contribution in [3.8, 4) is 0 Å². The van der Waals surface area contributed by atoms with Crippen LogP contribution in [0.4, 0.5) is 11.4 Å². The van der Waals surface area contributed by atoms with Gasteiger partial charge in [-0.1, -0.05) is 26.0 Å². The zero-order valence-electron chi connectivity index (χ0n) is 13.6. The SMILES string of the molecule is CCCN(CCC)C(=O)c1cncc(Nc2ccccc2Br)c1. The van der Waals surface area contributed by atoms with Crippen LogP contribution < -0.4 is 5.32 Å². The van der Waals surface area contributed by atoms with Crippen LogP contribution in [-0.4, -0.2) is 28.9 Å². The van der Waals surface area contributed by atoms with Crippen molar-refractivity contribution in [1.29, 1.82) is 0 Å². The van der Waals surface area contributed by atoms with Gasteiger partial charge in [0.25, 0.3) is 5.91 Å². The van der Waals surface area contributed by atoms with E-state index in [1.807, 2.05) is 35.2 Å². The van der Waals surface area contributed by atoms with Gasteiger partial charge in [0.05, 0.1) is 23.1 Å². The van der Waals surface area contributed by atoms with Crippen molar-refractivity contribution in [2.45, 2.75) is 26.7 Å². The molecule has 0 aliphatic carbocycles. The number of rotatable bonds is 7. The highest BCUT2D eigenvalue weighted by Gasteiger charge is 2.15. The average molecular weight is 376 g/mol. The molecule has 2 aromatic rings. The molecule has 122 valence electrons. The van der Waals surface area contributed by atoms with Crippen molar-refractivity contribution in [3.63, 3.8) is 0 Å². The minimum absolute atomic E-state index is 0.0389. The molecule has 1 amide bonds. The Kier molecular flexibility index (Phi) is 6.59. The normalized spacial score (nSPS) is 10.4. The second kappa shape index (κ2) is 8.67.